The van der Waals surface area contributed by atoms with Crippen molar-refractivity contribution in [1.29, 1.82) is 0 Å². The molecule has 0 bridgehead atoms. The van der Waals surface area contributed by atoms with Gasteiger partial charge in [0.05, 0.1) is 13.2 Å². The van der Waals surface area contributed by atoms with E-state index in [1.807, 2.05) is 36.5 Å². The molecule has 54 heavy (non-hydrogen) atoms. The average molecular weight is 782 g/mol. The van der Waals surface area contributed by atoms with Crippen LogP contribution < -0.4 is 5.73 Å². The Morgan fingerprint density at radius 2 is 1.06 bits per heavy atom. The summed E-state index contributed by atoms with van der Waals surface area (Å²) >= 11 is 0. The van der Waals surface area contributed by atoms with Crippen LogP contribution in [-0.2, 0) is 37.5 Å². The van der Waals surface area contributed by atoms with Gasteiger partial charge in [-0.3, -0.25) is 23.4 Å². The molecule has 0 aliphatic rings. The largest absolute Gasteiger partial charge is 0.480 e. The lowest BCUT2D eigenvalue weighted by molar-refractivity contribution is -0.161. The van der Waals surface area contributed by atoms with Gasteiger partial charge in [0.15, 0.2) is 6.10 Å². The van der Waals surface area contributed by atoms with Gasteiger partial charge in [-0.2, -0.15) is 0 Å². The van der Waals surface area contributed by atoms with Gasteiger partial charge in [-0.1, -0.05) is 145 Å². The van der Waals surface area contributed by atoms with Gasteiger partial charge in [0, 0.05) is 12.8 Å². The molecule has 310 valence electrons. The van der Waals surface area contributed by atoms with Gasteiger partial charge in [-0.25, -0.2) is 4.57 Å². The summed E-state index contributed by atoms with van der Waals surface area (Å²) in [6.45, 7) is 2.60. The number of esters is 2. The third kappa shape index (κ3) is 36.2. The molecule has 0 aliphatic carbocycles. The molecule has 0 saturated heterocycles. The van der Waals surface area contributed by atoms with Crippen LogP contribution in [0.1, 0.15) is 155 Å². The Labute approximate surface area is 326 Å². The van der Waals surface area contributed by atoms with Crippen LogP contribution >= 0.6 is 7.82 Å². The molecule has 11 nitrogen and oxygen atoms in total. The number of hydrogen-bond donors (Lipinski definition) is 3. The highest BCUT2D eigenvalue weighted by Crippen LogP contribution is 2.43. The molecule has 0 fully saturated rings. The predicted octanol–water partition coefficient (Wildman–Crippen LogP) is 10.4. The second-order valence-electron chi connectivity index (χ2n) is 13.5. The Bertz CT molecular complexity index is 1150. The molecular formula is C42H72NO10P. The number of nitrogens with two attached hydrogens (primary N) is 1. The van der Waals surface area contributed by atoms with E-state index in [9.17, 15) is 23.8 Å². The van der Waals surface area contributed by atoms with Crippen LogP contribution in [0.3, 0.4) is 0 Å². The molecule has 3 atom stereocenters. The lowest BCUT2D eigenvalue weighted by Crippen LogP contribution is -2.34. The summed E-state index contributed by atoms with van der Waals surface area (Å²) in [5.41, 5.74) is 5.32. The molecule has 0 spiro atoms. The fourth-order valence-corrected chi connectivity index (χ4v) is 5.91. The summed E-state index contributed by atoms with van der Waals surface area (Å²) in [7, 11) is -4.73. The molecule has 0 amide bonds. The first kappa shape index (κ1) is 51.2. The molecule has 4 N–H and O–H groups in total. The van der Waals surface area contributed by atoms with Gasteiger partial charge in [-0.15, -0.1) is 0 Å². The molecule has 0 aromatic carbocycles. The van der Waals surface area contributed by atoms with Gasteiger partial charge in [0.2, 0.25) is 0 Å². The molecule has 0 aromatic rings. The van der Waals surface area contributed by atoms with E-state index in [-0.39, 0.29) is 19.4 Å². The Balaban J connectivity index is 4.48. The van der Waals surface area contributed by atoms with E-state index in [1.54, 1.807) is 0 Å². The average Bonchev–Trinajstić information content (AvgIpc) is 3.14. The molecule has 0 rings (SSSR count). The normalized spacial score (nSPS) is 14.4. The van der Waals surface area contributed by atoms with Crippen molar-refractivity contribution in [2.75, 3.05) is 19.8 Å². The zero-order chi connectivity index (χ0) is 40.0. The van der Waals surface area contributed by atoms with Crippen molar-refractivity contribution in [3.05, 3.63) is 60.8 Å². The number of phosphoric acid groups is 1. The van der Waals surface area contributed by atoms with E-state index in [0.717, 1.165) is 64.2 Å². The minimum Gasteiger partial charge on any atom is -0.480 e. The van der Waals surface area contributed by atoms with Crippen molar-refractivity contribution >= 4 is 25.7 Å². The van der Waals surface area contributed by atoms with Crippen molar-refractivity contribution in [2.45, 2.75) is 167 Å². The van der Waals surface area contributed by atoms with Crippen LogP contribution in [0.5, 0.6) is 0 Å². The number of hydrogen-bond acceptors (Lipinski definition) is 9. The highest BCUT2D eigenvalue weighted by molar-refractivity contribution is 7.47. The van der Waals surface area contributed by atoms with Crippen LogP contribution in [-0.4, -0.2) is 59.9 Å². The second-order valence-corrected chi connectivity index (χ2v) is 14.9. The van der Waals surface area contributed by atoms with Gasteiger partial charge in [-0.05, 0) is 57.8 Å². The number of carbonyl (C=O) groups is 3. The van der Waals surface area contributed by atoms with Gasteiger partial charge in [0.1, 0.15) is 12.6 Å². The summed E-state index contributed by atoms with van der Waals surface area (Å²) in [6.07, 6.45) is 41.4. The predicted molar refractivity (Wildman–Crippen MR) is 217 cm³/mol. The highest BCUT2D eigenvalue weighted by atomic mass is 31.2. The topological polar surface area (TPSA) is 172 Å². The fourth-order valence-electron chi connectivity index (χ4n) is 5.13. The van der Waals surface area contributed by atoms with Crippen LogP contribution in [0, 0.1) is 0 Å². The van der Waals surface area contributed by atoms with E-state index >= 15 is 0 Å². The maximum atomic E-state index is 12.6. The summed E-state index contributed by atoms with van der Waals surface area (Å²) in [5, 5.41) is 8.87. The summed E-state index contributed by atoms with van der Waals surface area (Å²) in [4.78, 5) is 45.8. The van der Waals surface area contributed by atoms with E-state index < -0.39 is 51.1 Å². The number of aliphatic carboxylic acids is 1. The SMILES string of the molecule is CC/C=C/C=C/C=C/C=C/CCCCCCCC(=O)O[C@H](COC(=O)CCCCC/C=C/CCCCCCCCCC)COP(=O)(O)OC[C@H](N)C(=O)O. The van der Waals surface area contributed by atoms with Crippen molar-refractivity contribution in [2.24, 2.45) is 5.73 Å². The number of carboxylic acids is 1. The molecule has 12 heteroatoms. The highest BCUT2D eigenvalue weighted by Gasteiger charge is 2.28. The first-order valence-corrected chi connectivity index (χ1v) is 21.9. The third-order valence-electron chi connectivity index (χ3n) is 8.34. The lowest BCUT2D eigenvalue weighted by atomic mass is 10.1. The Hall–Kier alpha value is -2.82. The molecule has 0 aliphatic heterocycles. The quantitative estimate of drug-likeness (QED) is 0.0180. The van der Waals surface area contributed by atoms with Crippen LogP contribution in [0.2, 0.25) is 0 Å². The number of phosphoric ester groups is 1. The smallest absolute Gasteiger partial charge is 0.472 e. The minimum absolute atomic E-state index is 0.129. The van der Waals surface area contributed by atoms with Crippen LogP contribution in [0.15, 0.2) is 60.8 Å². The zero-order valence-electron chi connectivity index (χ0n) is 33.3. The van der Waals surface area contributed by atoms with Crippen molar-refractivity contribution in [1.82, 2.24) is 0 Å². The molecular weight excluding hydrogens is 709 g/mol. The number of ether oxygens (including phenoxy) is 2. The second kappa shape index (κ2) is 37.1. The molecule has 0 saturated carbocycles. The van der Waals surface area contributed by atoms with E-state index in [1.165, 1.54) is 51.4 Å². The summed E-state index contributed by atoms with van der Waals surface area (Å²) in [5.74, 6) is -2.44. The first-order chi connectivity index (χ1) is 26.1. The third-order valence-corrected chi connectivity index (χ3v) is 9.29. The Morgan fingerprint density at radius 3 is 1.63 bits per heavy atom. The van der Waals surface area contributed by atoms with E-state index in [2.05, 4.69) is 42.7 Å². The molecule has 0 radical (unpaired) electrons. The van der Waals surface area contributed by atoms with Gasteiger partial charge in [0.25, 0.3) is 0 Å². The van der Waals surface area contributed by atoms with Crippen molar-refractivity contribution in [3.63, 3.8) is 0 Å². The van der Waals surface area contributed by atoms with Crippen LogP contribution in [0.4, 0.5) is 0 Å². The maximum Gasteiger partial charge on any atom is 0.472 e. The number of carbonyl (C=O) groups excluding carboxylic acids is 2. The fraction of sp³-hybridized carbons (Fsp3) is 0.690. The van der Waals surface area contributed by atoms with Crippen molar-refractivity contribution < 1.29 is 47.5 Å². The monoisotopic (exact) mass is 781 g/mol. The summed E-state index contributed by atoms with van der Waals surface area (Å²) in [6, 6.07) is -1.53. The number of carboxylic acid groups (broad SMARTS) is 1. The molecule has 0 aromatic heterocycles. The van der Waals surface area contributed by atoms with E-state index in [0.29, 0.717) is 12.8 Å². The lowest BCUT2D eigenvalue weighted by Gasteiger charge is -2.20. The van der Waals surface area contributed by atoms with Gasteiger partial charge < -0.3 is 25.2 Å². The minimum atomic E-state index is -4.73. The Morgan fingerprint density at radius 1 is 0.593 bits per heavy atom. The first-order valence-electron chi connectivity index (χ1n) is 20.4. The van der Waals surface area contributed by atoms with Crippen molar-refractivity contribution in [3.8, 4) is 0 Å². The number of unbranched alkanes of at least 4 members (excludes halogenated alkanes) is 16. The number of allylic oxidation sites excluding steroid dienone is 10. The van der Waals surface area contributed by atoms with E-state index in [4.69, 9.17) is 24.8 Å². The molecule has 0 heterocycles. The standard InChI is InChI=1S/C42H72NO10P/c1-3-5-7-9-11-13-15-17-19-21-23-25-27-29-31-33-40(44)50-35-38(36-51-54(48,49)52-37-39(43)42(46)47)53-41(45)34-32-30-28-26-24-22-20-18-16-14-12-10-8-6-4-2/h6,8,10,12,14,16,18,20-21,23,38-39H,3-5,7,9,11,13,15,17,19,22,24-37,43H2,1-2H3,(H,46,47)(H,48,49)/b8-6+,12-10+,16-14+,20-18+,23-21+/t38-,39+/m1/s1. The van der Waals surface area contributed by atoms with Crippen LogP contribution in [0.25, 0.3) is 0 Å². The molecule has 1 unspecified atom stereocenters. The Kier molecular flexibility index (Phi) is 35.2. The maximum absolute atomic E-state index is 12.6. The van der Waals surface area contributed by atoms with Gasteiger partial charge >= 0.3 is 25.7 Å². The number of rotatable bonds is 37. The zero-order valence-corrected chi connectivity index (χ0v) is 34.2. The summed E-state index contributed by atoms with van der Waals surface area (Å²) < 4.78 is 32.6.